The Labute approximate surface area is 169 Å². The van der Waals surface area contributed by atoms with E-state index in [4.69, 9.17) is 0 Å². The molecule has 0 amide bonds. The second-order valence-electron chi connectivity index (χ2n) is 0. The summed E-state index contributed by atoms with van der Waals surface area (Å²) in [6.07, 6.45) is 0. The summed E-state index contributed by atoms with van der Waals surface area (Å²) in [7, 11) is 0. The molecule has 0 spiro atoms. The van der Waals surface area contributed by atoms with E-state index in [0.717, 1.165) is 0 Å². The van der Waals surface area contributed by atoms with Crippen molar-refractivity contribution < 1.29 is 0 Å². The molecule has 0 aromatic rings. The van der Waals surface area contributed by atoms with Crippen LogP contribution in [0.2, 0.25) is 0 Å². The van der Waals surface area contributed by atoms with Gasteiger partial charge in [-0.1, -0.05) is 0 Å². The van der Waals surface area contributed by atoms with Gasteiger partial charge in [0.25, 0.3) is 0 Å². The van der Waals surface area contributed by atoms with Crippen LogP contribution in [0.3, 0.4) is 0 Å². The van der Waals surface area contributed by atoms with E-state index in [9.17, 15) is 0 Å². The van der Waals surface area contributed by atoms with E-state index in [1.54, 1.807) is 0 Å². The minimum absolute atomic E-state index is 0. The molecular weight excluding hydrogens is 181 g/mol. The van der Waals surface area contributed by atoms with Crippen LogP contribution in [0.15, 0.2) is 0 Å². The Balaban J connectivity index is 0. The van der Waals surface area contributed by atoms with Gasteiger partial charge in [-0.15, -0.1) is 0 Å². The van der Waals surface area contributed by atoms with Gasteiger partial charge in [0.1, 0.15) is 0 Å². The molecule has 0 fully saturated rings. The van der Waals surface area contributed by atoms with Gasteiger partial charge in [-0.3, -0.25) is 0 Å². The molecule has 0 aliphatic rings. The Kier molecular flexibility index (Phi) is 141. The maximum atomic E-state index is 0. The van der Waals surface area contributed by atoms with Gasteiger partial charge in [0, 0.05) is 175 Å². The monoisotopic (exact) mass is 181 g/mol. The standard InChI is InChI=1S/Al.K.Li.Na.Rb. The zero-order valence-electron chi connectivity index (χ0n) is 4.58. The first-order valence-electron chi connectivity index (χ1n) is 0. The fourth-order valence-corrected chi connectivity index (χ4v) is 0. The fourth-order valence-electron chi connectivity index (χ4n) is 0. The third-order valence-corrected chi connectivity index (χ3v) is 0. The fraction of sp³-hybridized carbons (Fsp3) is 0. The summed E-state index contributed by atoms with van der Waals surface area (Å²) in [6, 6.07) is 0. The summed E-state index contributed by atoms with van der Waals surface area (Å²) < 4.78 is 0. The second kappa shape index (κ2) is 22.7. The van der Waals surface area contributed by atoms with E-state index in [-0.39, 0.29) is 175 Å². The van der Waals surface area contributed by atoms with E-state index < -0.39 is 0 Å². The predicted molar refractivity (Wildman–Crippen MR) is 28.8 cm³/mol. The first kappa shape index (κ1) is 31.2. The van der Waals surface area contributed by atoms with E-state index in [0.29, 0.717) is 0 Å². The van der Waals surface area contributed by atoms with Crippen molar-refractivity contribution in [2.75, 3.05) is 0 Å². The quantitative estimate of drug-likeness (QED) is 0.383. The molecule has 0 bridgehead atoms. The van der Waals surface area contributed by atoms with Crippen LogP contribution >= 0.6 is 0 Å². The van der Waals surface area contributed by atoms with E-state index in [1.165, 1.54) is 0 Å². The molecule has 5 heteroatoms. The normalized spacial score (nSPS) is 0. The van der Waals surface area contributed by atoms with Gasteiger partial charge in [-0.05, 0) is 0 Å². The smallest absolute Gasteiger partial charge is 0 e. The largest absolute Gasteiger partial charge is 0 e. The summed E-state index contributed by atoms with van der Waals surface area (Å²) in [4.78, 5) is 0. The molecule has 0 aliphatic carbocycles. The van der Waals surface area contributed by atoms with E-state index in [1.807, 2.05) is 0 Å². The topological polar surface area (TPSA) is 0 Å². The van der Waals surface area contributed by atoms with Crippen molar-refractivity contribution in [2.45, 2.75) is 0 Å². The summed E-state index contributed by atoms with van der Waals surface area (Å²) in [5.41, 5.74) is 0. The van der Waals surface area contributed by atoms with Crippen molar-refractivity contribution >= 4 is 175 Å². The number of hydrogen-bond acceptors (Lipinski definition) is 0. The van der Waals surface area contributed by atoms with Crippen LogP contribution in [0.25, 0.3) is 0 Å². The van der Waals surface area contributed by atoms with Crippen molar-refractivity contribution in [1.29, 1.82) is 0 Å². The van der Waals surface area contributed by atoms with Gasteiger partial charge >= 0.3 is 0 Å². The SMILES string of the molecule is [Al].[K].[Li].[Na].[Rb]. The zero-order valence-corrected chi connectivity index (χ0v) is 15.8. The van der Waals surface area contributed by atoms with E-state index >= 15 is 0 Å². The van der Waals surface area contributed by atoms with Crippen LogP contribution in [0, 0.1) is 0 Å². The van der Waals surface area contributed by atoms with Crippen molar-refractivity contribution in [2.24, 2.45) is 0 Å². The summed E-state index contributed by atoms with van der Waals surface area (Å²) in [6.45, 7) is 0. The number of hydrogen-bond donors (Lipinski definition) is 0. The molecule has 7 valence electrons. The van der Waals surface area contributed by atoms with Gasteiger partial charge in [-0.2, -0.15) is 0 Å². The average molecular weight is 181 g/mol. The molecule has 0 unspecified atom stereocenters. The third kappa shape index (κ3) is 17.7. The van der Waals surface area contributed by atoms with Crippen molar-refractivity contribution in [1.82, 2.24) is 0 Å². The van der Waals surface area contributed by atoms with Gasteiger partial charge in [0.2, 0.25) is 0 Å². The Morgan fingerprint density at radius 1 is 1.00 bits per heavy atom. The van der Waals surface area contributed by atoms with Gasteiger partial charge in [-0.25, -0.2) is 0 Å². The molecule has 0 aromatic carbocycles. The first-order valence-corrected chi connectivity index (χ1v) is 0. The van der Waals surface area contributed by atoms with Crippen molar-refractivity contribution in [3.8, 4) is 0 Å². The molecule has 5 heavy (non-hydrogen) atoms. The predicted octanol–water partition coefficient (Wildman–Crippen LogP) is -1.90. The molecule has 0 aliphatic heterocycles. The zero-order chi connectivity index (χ0) is 0. The Bertz CT molecular complexity index is 11.6. The molecule has 0 saturated carbocycles. The molecule has 0 N–H and O–H groups in total. The Morgan fingerprint density at radius 2 is 1.00 bits per heavy atom. The molecule has 0 rings (SSSR count). The minimum atomic E-state index is 0. The van der Waals surface area contributed by atoms with Gasteiger partial charge in [0.15, 0.2) is 0 Å². The Morgan fingerprint density at radius 3 is 1.00 bits per heavy atom. The van der Waals surface area contributed by atoms with E-state index in [2.05, 4.69) is 0 Å². The second-order valence-corrected chi connectivity index (χ2v) is 0. The van der Waals surface area contributed by atoms with Gasteiger partial charge < -0.3 is 0 Å². The molecule has 7 radical (unpaired) electrons. The molecule has 0 saturated heterocycles. The van der Waals surface area contributed by atoms with Crippen LogP contribution in [0.4, 0.5) is 0 Å². The van der Waals surface area contributed by atoms with Crippen LogP contribution in [-0.2, 0) is 0 Å². The number of rotatable bonds is 0. The Hall–Kier alpha value is 5.57. The minimum Gasteiger partial charge on any atom is 0 e. The van der Waals surface area contributed by atoms with Crippen LogP contribution in [-0.4, -0.2) is 175 Å². The first-order chi connectivity index (χ1) is 0. The molecule has 0 aromatic heterocycles. The summed E-state index contributed by atoms with van der Waals surface area (Å²) >= 11 is 0. The maximum Gasteiger partial charge on any atom is 0 e. The average Bonchev–Trinajstić information content (AvgIpc) is 0. The van der Waals surface area contributed by atoms with Crippen LogP contribution < -0.4 is 0 Å². The van der Waals surface area contributed by atoms with Crippen molar-refractivity contribution in [3.63, 3.8) is 0 Å². The summed E-state index contributed by atoms with van der Waals surface area (Å²) in [5, 5.41) is 0. The van der Waals surface area contributed by atoms with Gasteiger partial charge in [0.05, 0.1) is 0 Å². The maximum absolute atomic E-state index is 0. The van der Waals surface area contributed by atoms with Crippen LogP contribution in [0.5, 0.6) is 0 Å². The molecular formula is AlKLiNaRb. The third-order valence-electron chi connectivity index (χ3n) is 0. The van der Waals surface area contributed by atoms with Crippen molar-refractivity contribution in [3.05, 3.63) is 0 Å². The molecule has 0 heterocycles. The molecule has 0 nitrogen and oxygen atoms in total. The van der Waals surface area contributed by atoms with Crippen LogP contribution in [0.1, 0.15) is 0 Å². The summed E-state index contributed by atoms with van der Waals surface area (Å²) in [5.74, 6) is 0. The molecule has 0 atom stereocenters.